The topological polar surface area (TPSA) is 55.9 Å². The molecule has 0 radical (unpaired) electrons. The zero-order valence-corrected chi connectivity index (χ0v) is 30.4. The van der Waals surface area contributed by atoms with Gasteiger partial charge in [0.05, 0.1) is 44.3 Å². The molecule has 8 aromatic carbocycles. The number of fused-ring (bicyclic) bond motifs is 13. The van der Waals surface area contributed by atoms with Crippen LogP contribution in [0.1, 0.15) is 11.1 Å². The number of hydrogen-bond acceptors (Lipinski definition) is 4. The second-order valence-corrected chi connectivity index (χ2v) is 15.2. The highest BCUT2D eigenvalue weighted by Gasteiger charge is 2.33. The van der Waals surface area contributed by atoms with Crippen LogP contribution in [0, 0.1) is 0 Å². The van der Waals surface area contributed by atoms with Crippen molar-refractivity contribution < 1.29 is 4.74 Å². The summed E-state index contributed by atoms with van der Waals surface area (Å²) in [5.41, 5.74) is 11.8. The molecule has 0 fully saturated rings. The number of ether oxygens (including phenoxy) is 1. The van der Waals surface area contributed by atoms with Gasteiger partial charge in [-0.3, -0.25) is 9.59 Å². The van der Waals surface area contributed by atoms with E-state index in [4.69, 9.17) is 4.74 Å². The molecule has 0 amide bonds. The molecule has 0 saturated heterocycles. The predicted molar refractivity (Wildman–Crippen MR) is 231 cm³/mol. The molecule has 3 aromatic heterocycles. The molecule has 6 nitrogen and oxygen atoms in total. The lowest BCUT2D eigenvalue weighted by Crippen LogP contribution is -2.20. The number of benzene rings is 8. The fraction of sp³-hybridized carbons (Fsp3) is 0.0196. The van der Waals surface area contributed by atoms with E-state index >= 15 is 9.59 Å². The van der Waals surface area contributed by atoms with Crippen LogP contribution in [0.15, 0.2) is 173 Å². The third-order valence-corrected chi connectivity index (χ3v) is 12.2. The maximum Gasteiger partial charge on any atom is 0.201 e. The van der Waals surface area contributed by atoms with Crippen LogP contribution in [0.2, 0.25) is 0 Å². The van der Waals surface area contributed by atoms with Gasteiger partial charge in [0.1, 0.15) is 0 Å². The maximum absolute atomic E-state index is 15.4. The molecule has 0 spiro atoms. The Morgan fingerprint density at radius 3 is 2.00 bits per heavy atom. The minimum atomic E-state index is -0.154. The van der Waals surface area contributed by atoms with Gasteiger partial charge in [-0.15, -0.1) is 0 Å². The van der Waals surface area contributed by atoms with Crippen LogP contribution in [0.4, 0.5) is 17.1 Å². The van der Waals surface area contributed by atoms with E-state index in [0.29, 0.717) is 44.2 Å². The molecule has 0 bridgehead atoms. The summed E-state index contributed by atoms with van der Waals surface area (Å²) < 4.78 is 11.2. The fourth-order valence-corrected chi connectivity index (χ4v) is 9.77. The summed E-state index contributed by atoms with van der Waals surface area (Å²) in [7, 11) is 0. The van der Waals surface area contributed by atoms with Gasteiger partial charge in [0, 0.05) is 38.3 Å². The molecular weight excluding hydrogens is 703 g/mol. The smallest absolute Gasteiger partial charge is 0.201 e. The number of hydrogen-bond donors (Lipinski definition) is 0. The van der Waals surface area contributed by atoms with Gasteiger partial charge in [-0.25, -0.2) is 0 Å². The fourth-order valence-electron chi connectivity index (χ4n) is 9.77. The van der Waals surface area contributed by atoms with Gasteiger partial charge >= 0.3 is 0 Å². The third-order valence-electron chi connectivity index (χ3n) is 12.2. The molecule has 13 rings (SSSR count). The van der Waals surface area contributed by atoms with Gasteiger partial charge in [0.15, 0.2) is 16.9 Å². The first-order valence-electron chi connectivity index (χ1n) is 19.2. The number of pyridine rings is 2. The van der Waals surface area contributed by atoms with Crippen LogP contribution >= 0.6 is 0 Å². The lowest BCUT2D eigenvalue weighted by Gasteiger charge is -2.34. The highest BCUT2D eigenvalue weighted by atomic mass is 16.5. The Morgan fingerprint density at radius 1 is 0.456 bits per heavy atom. The molecule has 1 aliphatic heterocycles. The van der Waals surface area contributed by atoms with E-state index in [1.54, 1.807) is 0 Å². The average molecular weight is 732 g/mol. The predicted octanol–water partition coefficient (Wildman–Crippen LogP) is 11.8. The molecule has 2 aliphatic rings. The monoisotopic (exact) mass is 731 g/mol. The van der Waals surface area contributed by atoms with Crippen molar-refractivity contribution in [1.82, 2.24) is 8.97 Å². The van der Waals surface area contributed by atoms with E-state index in [2.05, 4.69) is 98.8 Å². The van der Waals surface area contributed by atoms with Gasteiger partial charge in [0.25, 0.3) is 0 Å². The molecule has 0 unspecified atom stereocenters. The summed E-state index contributed by atoms with van der Waals surface area (Å²) in [4.78, 5) is 32.9. The first kappa shape index (κ1) is 30.6. The first-order chi connectivity index (χ1) is 28.1. The van der Waals surface area contributed by atoms with Crippen molar-refractivity contribution in [3.63, 3.8) is 0 Å². The molecular formula is C51H29N3O3. The molecule has 57 heavy (non-hydrogen) atoms. The lowest BCUT2D eigenvalue weighted by molar-refractivity contribution is 0.482. The van der Waals surface area contributed by atoms with Crippen molar-refractivity contribution in [1.29, 1.82) is 0 Å². The minimum absolute atomic E-state index is 0.137. The van der Waals surface area contributed by atoms with E-state index in [1.807, 2.05) is 78.9 Å². The first-order valence-corrected chi connectivity index (χ1v) is 19.2. The van der Waals surface area contributed by atoms with Gasteiger partial charge in [0.2, 0.25) is 5.43 Å². The second-order valence-electron chi connectivity index (χ2n) is 15.2. The lowest BCUT2D eigenvalue weighted by atomic mass is 9.96. The highest BCUT2D eigenvalue weighted by molar-refractivity contribution is 6.18. The highest BCUT2D eigenvalue weighted by Crippen LogP contribution is 2.53. The zero-order valence-electron chi connectivity index (χ0n) is 30.4. The Kier molecular flexibility index (Phi) is 5.88. The van der Waals surface area contributed by atoms with Gasteiger partial charge in [-0.05, 0) is 101 Å². The van der Waals surface area contributed by atoms with Crippen LogP contribution in [-0.4, -0.2) is 8.97 Å². The summed E-state index contributed by atoms with van der Waals surface area (Å²) in [6, 6.07) is 55.5. The Balaban J connectivity index is 1.26. The van der Waals surface area contributed by atoms with Crippen molar-refractivity contribution in [3.05, 3.63) is 195 Å². The van der Waals surface area contributed by atoms with E-state index in [-0.39, 0.29) is 10.9 Å². The Labute approximate surface area is 324 Å². The summed E-state index contributed by atoms with van der Waals surface area (Å²) in [6.45, 7) is 0. The van der Waals surface area contributed by atoms with E-state index in [1.165, 1.54) is 11.1 Å². The second kappa shape index (κ2) is 11.0. The quantitative estimate of drug-likeness (QED) is 0.131. The molecule has 4 heterocycles. The van der Waals surface area contributed by atoms with Crippen LogP contribution in [0.3, 0.4) is 0 Å². The number of aromatic nitrogens is 2. The summed E-state index contributed by atoms with van der Waals surface area (Å²) in [5.74, 6) is 1.08. The SMILES string of the molecule is O=c1c2cc3c(cc2n2c4cc5c(cc4c(=O)c4c6c(cc1c42)N(c1ccccc1)c1ccccc1O6)Cc1ccccc1-5)c1ccccc1n3-c1ccccc1. The Bertz CT molecular complexity index is 3680. The number of nitrogens with zero attached hydrogens (tertiary/aromatic N) is 3. The Hall–Kier alpha value is -7.70. The van der Waals surface area contributed by atoms with Gasteiger partial charge < -0.3 is 18.6 Å². The van der Waals surface area contributed by atoms with Crippen LogP contribution in [-0.2, 0) is 6.42 Å². The van der Waals surface area contributed by atoms with E-state index in [9.17, 15) is 0 Å². The summed E-state index contributed by atoms with van der Waals surface area (Å²) in [6.07, 6.45) is 0.747. The minimum Gasteiger partial charge on any atom is -0.452 e. The average Bonchev–Trinajstić information content (AvgIpc) is 3.79. The molecule has 0 saturated carbocycles. The summed E-state index contributed by atoms with van der Waals surface area (Å²) >= 11 is 0. The molecule has 0 N–H and O–H groups in total. The number of rotatable bonds is 2. The maximum atomic E-state index is 15.4. The van der Waals surface area contributed by atoms with Crippen molar-refractivity contribution in [3.8, 4) is 28.3 Å². The van der Waals surface area contributed by atoms with Crippen LogP contribution in [0.5, 0.6) is 11.5 Å². The molecule has 1 aliphatic carbocycles. The normalized spacial score (nSPS) is 13.1. The van der Waals surface area contributed by atoms with E-state index < -0.39 is 0 Å². The number of para-hydroxylation sites is 5. The van der Waals surface area contributed by atoms with Crippen molar-refractivity contribution >= 4 is 77.0 Å². The van der Waals surface area contributed by atoms with Gasteiger partial charge in [-0.2, -0.15) is 0 Å². The largest absolute Gasteiger partial charge is 0.452 e. The Morgan fingerprint density at radius 2 is 1.14 bits per heavy atom. The molecule has 0 atom stereocenters. The van der Waals surface area contributed by atoms with Crippen LogP contribution in [0.25, 0.3) is 76.7 Å². The van der Waals surface area contributed by atoms with Crippen molar-refractivity contribution in [2.24, 2.45) is 0 Å². The molecule has 266 valence electrons. The molecule has 11 aromatic rings. The zero-order chi connectivity index (χ0) is 37.5. The van der Waals surface area contributed by atoms with E-state index in [0.717, 1.165) is 67.4 Å². The number of anilines is 3. The standard InChI is InChI=1S/C51H29N3O3/c55-49-38-27-42-36(34-19-9-10-20-40(34)52(42)31-14-3-1-4-15-31)26-44(38)54-43-25-35-30(23-29-13-7-8-18-33(29)35)24-37(43)50(56)47-48(54)39(49)28-45-51(47)57-46-22-12-11-21-41(46)53(45)32-16-5-2-6-17-32/h1-22,24-28H,23H2. The van der Waals surface area contributed by atoms with Gasteiger partial charge in [-0.1, -0.05) is 91.0 Å². The van der Waals surface area contributed by atoms with Crippen LogP contribution < -0.4 is 20.5 Å². The third kappa shape index (κ3) is 3.98. The molecule has 6 heteroatoms. The summed E-state index contributed by atoms with van der Waals surface area (Å²) in [5, 5.41) is 4.13. The van der Waals surface area contributed by atoms with Crippen molar-refractivity contribution in [2.45, 2.75) is 6.42 Å². The van der Waals surface area contributed by atoms with Crippen molar-refractivity contribution in [2.75, 3.05) is 4.90 Å².